The van der Waals surface area contributed by atoms with Gasteiger partial charge in [-0.2, -0.15) is 0 Å². The average molecular weight is 331 g/mol. The van der Waals surface area contributed by atoms with Gasteiger partial charge in [-0.25, -0.2) is 0 Å². The van der Waals surface area contributed by atoms with Gasteiger partial charge in [0.2, 0.25) is 0 Å². The van der Waals surface area contributed by atoms with Gasteiger partial charge in [-0.1, -0.05) is 6.92 Å². The average Bonchev–Trinajstić information content (AvgIpc) is 3.03. The number of carbonyl (C=O) groups is 2. The highest BCUT2D eigenvalue weighted by atomic mass is 16.5. The van der Waals surface area contributed by atoms with Crippen LogP contribution in [0.15, 0.2) is 36.5 Å². The van der Waals surface area contributed by atoms with E-state index in [1.165, 1.54) is 7.11 Å². The molecule has 0 aliphatic carbocycles. The molecule has 0 saturated carbocycles. The summed E-state index contributed by atoms with van der Waals surface area (Å²) in [5.41, 5.74) is 5.55. The summed E-state index contributed by atoms with van der Waals surface area (Å²) in [5, 5.41) is 0. The van der Waals surface area contributed by atoms with Crippen LogP contribution in [0.1, 0.15) is 34.2 Å². The first-order valence-electron chi connectivity index (χ1n) is 7.59. The van der Waals surface area contributed by atoms with E-state index in [2.05, 4.69) is 10.9 Å². The zero-order chi connectivity index (χ0) is 17.5. The Morgan fingerprint density at radius 3 is 2.50 bits per heavy atom. The molecule has 0 radical (unpaired) electrons. The predicted octanol–water partition coefficient (Wildman–Crippen LogP) is 1.90. The van der Waals surface area contributed by atoms with Gasteiger partial charge in [0.05, 0.1) is 13.7 Å². The van der Waals surface area contributed by atoms with Crippen LogP contribution in [0, 0.1) is 0 Å². The molecule has 0 fully saturated rings. The Bertz CT molecular complexity index is 724. The molecule has 7 heteroatoms. The smallest absolute Gasteiger partial charge is 0.286 e. The summed E-state index contributed by atoms with van der Waals surface area (Å²) in [5.74, 6) is 0.192. The standard InChI is InChI=1S/C17H21N3O4/c1-4-10-24-14-8-7-12(11-15(14)23-3)16(21)18-19-17(22)13-6-5-9-20(13)2/h5-9,11H,4,10H2,1-3H3,(H,18,21)(H,19,22). The number of hydrogen-bond donors (Lipinski definition) is 2. The second-order valence-corrected chi connectivity index (χ2v) is 5.13. The van der Waals surface area contributed by atoms with Crippen LogP contribution in [0.2, 0.25) is 0 Å². The summed E-state index contributed by atoms with van der Waals surface area (Å²) in [6.07, 6.45) is 2.62. The number of nitrogens with zero attached hydrogens (tertiary/aromatic N) is 1. The fourth-order valence-corrected chi connectivity index (χ4v) is 2.09. The Hall–Kier alpha value is -2.96. The van der Waals surface area contributed by atoms with Crippen molar-refractivity contribution in [2.24, 2.45) is 7.05 Å². The zero-order valence-electron chi connectivity index (χ0n) is 14.0. The van der Waals surface area contributed by atoms with E-state index in [-0.39, 0.29) is 0 Å². The molecule has 0 spiro atoms. The molecule has 0 saturated heterocycles. The van der Waals surface area contributed by atoms with Gasteiger partial charge in [0.1, 0.15) is 5.69 Å². The zero-order valence-corrected chi connectivity index (χ0v) is 14.0. The van der Waals surface area contributed by atoms with Gasteiger partial charge in [-0.15, -0.1) is 0 Å². The highest BCUT2D eigenvalue weighted by Gasteiger charge is 2.13. The van der Waals surface area contributed by atoms with E-state index in [9.17, 15) is 9.59 Å². The first-order chi connectivity index (χ1) is 11.6. The molecule has 1 aromatic carbocycles. The first-order valence-corrected chi connectivity index (χ1v) is 7.59. The molecule has 0 unspecified atom stereocenters. The van der Waals surface area contributed by atoms with Crippen LogP contribution >= 0.6 is 0 Å². The Balaban J connectivity index is 2.01. The summed E-state index contributed by atoms with van der Waals surface area (Å²) in [6.45, 7) is 2.57. The van der Waals surface area contributed by atoms with Gasteiger partial charge in [0.25, 0.3) is 11.8 Å². The van der Waals surface area contributed by atoms with Crippen molar-refractivity contribution in [3.63, 3.8) is 0 Å². The molecule has 0 aliphatic rings. The highest BCUT2D eigenvalue weighted by molar-refractivity contribution is 5.98. The van der Waals surface area contributed by atoms with Crippen molar-refractivity contribution in [2.45, 2.75) is 13.3 Å². The topological polar surface area (TPSA) is 81.6 Å². The molecular formula is C17H21N3O4. The van der Waals surface area contributed by atoms with Crippen LogP contribution in [0.25, 0.3) is 0 Å². The van der Waals surface area contributed by atoms with E-state index in [1.54, 1.807) is 48.1 Å². The number of hydrazine groups is 1. The molecule has 24 heavy (non-hydrogen) atoms. The van der Waals surface area contributed by atoms with E-state index in [0.29, 0.717) is 29.4 Å². The first kappa shape index (κ1) is 17.4. The van der Waals surface area contributed by atoms with Gasteiger partial charge < -0.3 is 14.0 Å². The largest absolute Gasteiger partial charge is 0.493 e. The number of amides is 2. The molecule has 0 bridgehead atoms. The van der Waals surface area contributed by atoms with Gasteiger partial charge in [-0.05, 0) is 36.8 Å². The van der Waals surface area contributed by atoms with Gasteiger partial charge in [0, 0.05) is 18.8 Å². The summed E-state index contributed by atoms with van der Waals surface area (Å²) in [4.78, 5) is 24.1. The van der Waals surface area contributed by atoms with Crippen LogP contribution in [0.5, 0.6) is 11.5 Å². The third-order valence-corrected chi connectivity index (χ3v) is 3.35. The fraction of sp³-hybridized carbons (Fsp3) is 0.294. The minimum atomic E-state index is -0.446. The Morgan fingerprint density at radius 1 is 1.12 bits per heavy atom. The van der Waals surface area contributed by atoms with Crippen LogP contribution in [-0.2, 0) is 7.05 Å². The molecule has 1 heterocycles. The second-order valence-electron chi connectivity index (χ2n) is 5.13. The number of ether oxygens (including phenoxy) is 2. The van der Waals surface area contributed by atoms with Crippen LogP contribution in [-0.4, -0.2) is 30.1 Å². The maximum Gasteiger partial charge on any atom is 0.286 e. The molecule has 0 atom stereocenters. The second kappa shape index (κ2) is 8.05. The van der Waals surface area contributed by atoms with Crippen molar-refractivity contribution >= 4 is 11.8 Å². The van der Waals surface area contributed by atoms with Crippen LogP contribution in [0.4, 0.5) is 0 Å². The van der Waals surface area contributed by atoms with Crippen LogP contribution in [0.3, 0.4) is 0 Å². The molecule has 2 rings (SSSR count). The molecule has 1 aromatic heterocycles. The van der Waals surface area contributed by atoms with E-state index in [4.69, 9.17) is 9.47 Å². The number of hydrogen-bond acceptors (Lipinski definition) is 4. The molecule has 7 nitrogen and oxygen atoms in total. The minimum absolute atomic E-state index is 0.350. The lowest BCUT2D eigenvalue weighted by Crippen LogP contribution is -2.42. The third-order valence-electron chi connectivity index (χ3n) is 3.35. The molecule has 2 aromatic rings. The summed E-state index contributed by atoms with van der Waals surface area (Å²) < 4.78 is 12.4. The normalized spacial score (nSPS) is 10.1. The number of aryl methyl sites for hydroxylation is 1. The third kappa shape index (κ3) is 4.07. The Labute approximate surface area is 140 Å². The lowest BCUT2D eigenvalue weighted by molar-refractivity contribution is 0.0842. The SMILES string of the molecule is CCCOc1ccc(C(=O)NNC(=O)c2cccn2C)cc1OC. The van der Waals surface area contributed by atoms with Crippen molar-refractivity contribution in [1.29, 1.82) is 0 Å². The number of aromatic nitrogens is 1. The van der Waals surface area contributed by atoms with E-state index in [0.717, 1.165) is 6.42 Å². The number of carbonyl (C=O) groups excluding carboxylic acids is 2. The Morgan fingerprint density at radius 2 is 1.88 bits per heavy atom. The van der Waals surface area contributed by atoms with E-state index in [1.807, 2.05) is 6.92 Å². The van der Waals surface area contributed by atoms with Crippen LogP contribution < -0.4 is 20.3 Å². The fourth-order valence-electron chi connectivity index (χ4n) is 2.09. The molecule has 2 amide bonds. The number of methoxy groups -OCH3 is 1. The van der Waals surface area contributed by atoms with Crippen molar-refractivity contribution in [1.82, 2.24) is 15.4 Å². The summed E-state index contributed by atoms with van der Waals surface area (Å²) in [6, 6.07) is 8.25. The van der Waals surface area contributed by atoms with E-state index >= 15 is 0 Å². The molecule has 2 N–H and O–H groups in total. The Kier molecular flexibility index (Phi) is 5.83. The molecular weight excluding hydrogens is 310 g/mol. The number of nitrogens with one attached hydrogen (secondary N) is 2. The molecule has 0 aliphatic heterocycles. The predicted molar refractivity (Wildman–Crippen MR) is 89.1 cm³/mol. The maximum absolute atomic E-state index is 12.2. The summed E-state index contributed by atoms with van der Waals surface area (Å²) >= 11 is 0. The monoisotopic (exact) mass is 331 g/mol. The van der Waals surface area contributed by atoms with Gasteiger partial charge >= 0.3 is 0 Å². The van der Waals surface area contributed by atoms with Crippen molar-refractivity contribution in [3.8, 4) is 11.5 Å². The van der Waals surface area contributed by atoms with Crippen molar-refractivity contribution in [2.75, 3.05) is 13.7 Å². The van der Waals surface area contributed by atoms with Gasteiger partial charge in [0.15, 0.2) is 11.5 Å². The molecule has 128 valence electrons. The van der Waals surface area contributed by atoms with Gasteiger partial charge in [-0.3, -0.25) is 20.4 Å². The maximum atomic E-state index is 12.2. The van der Waals surface area contributed by atoms with Crippen molar-refractivity contribution < 1.29 is 19.1 Å². The van der Waals surface area contributed by atoms with E-state index < -0.39 is 11.8 Å². The highest BCUT2D eigenvalue weighted by Crippen LogP contribution is 2.28. The van der Waals surface area contributed by atoms with Crippen molar-refractivity contribution in [3.05, 3.63) is 47.8 Å². The quantitative estimate of drug-likeness (QED) is 0.792. The minimum Gasteiger partial charge on any atom is -0.493 e. The number of benzene rings is 1. The number of rotatable bonds is 6. The summed E-state index contributed by atoms with van der Waals surface area (Å²) in [7, 11) is 3.25. The lowest BCUT2D eigenvalue weighted by atomic mass is 10.2. The lowest BCUT2D eigenvalue weighted by Gasteiger charge is -2.12.